The zero-order valence-corrected chi connectivity index (χ0v) is 15.9. The second-order valence-electron chi connectivity index (χ2n) is 5.02. The average molecular weight is 358 g/mol. The highest BCUT2D eigenvalue weighted by Crippen LogP contribution is 2.49. The molecule has 0 spiro atoms. The van der Waals surface area contributed by atoms with Gasteiger partial charge < -0.3 is 9.47 Å². The molecule has 24 heavy (non-hydrogen) atoms. The number of benzene rings is 1. The third kappa shape index (κ3) is 6.75. The molecule has 1 rings (SSSR count). The number of methoxy groups -OCH3 is 1. The Balaban J connectivity index is 2.85. The largest absolute Gasteiger partial charge is 0.475 e. The van der Waals surface area contributed by atoms with Gasteiger partial charge in [0.15, 0.2) is 6.79 Å². The first-order valence-corrected chi connectivity index (χ1v) is 9.35. The summed E-state index contributed by atoms with van der Waals surface area (Å²) in [6, 6.07) is 5.88. The van der Waals surface area contributed by atoms with E-state index >= 15 is 0 Å². The molecule has 0 atom stereocenters. The fraction of sp³-hybridized carbons (Fsp3) is 0.529. The number of phosphoric acid groups is 1. The van der Waals surface area contributed by atoms with Crippen LogP contribution in [0.5, 0.6) is 5.75 Å². The van der Waals surface area contributed by atoms with Gasteiger partial charge in [-0.1, -0.05) is 17.7 Å². The SMILES string of the molecule is CCOP(=O)(OCC)OC/C=C(\C)c1cc(C)ccc1OCOC. The molecule has 6 nitrogen and oxygen atoms in total. The predicted molar refractivity (Wildman–Crippen MR) is 94.1 cm³/mol. The maximum absolute atomic E-state index is 12.3. The first-order chi connectivity index (χ1) is 11.5. The van der Waals surface area contributed by atoms with Gasteiger partial charge in [0.1, 0.15) is 5.75 Å². The fourth-order valence-corrected chi connectivity index (χ4v) is 3.10. The van der Waals surface area contributed by atoms with Crippen molar-refractivity contribution in [3.8, 4) is 5.75 Å². The zero-order valence-electron chi connectivity index (χ0n) is 15.0. The van der Waals surface area contributed by atoms with Crippen LogP contribution in [0.3, 0.4) is 0 Å². The lowest BCUT2D eigenvalue weighted by Crippen LogP contribution is -2.02. The van der Waals surface area contributed by atoms with Gasteiger partial charge in [-0.15, -0.1) is 0 Å². The molecule has 0 aliphatic rings. The van der Waals surface area contributed by atoms with Gasteiger partial charge in [-0.2, -0.15) is 0 Å². The third-order valence-corrected chi connectivity index (χ3v) is 4.70. The van der Waals surface area contributed by atoms with Crippen molar-refractivity contribution in [2.24, 2.45) is 0 Å². The minimum atomic E-state index is -3.50. The van der Waals surface area contributed by atoms with Gasteiger partial charge in [0.2, 0.25) is 0 Å². The molecular weight excluding hydrogens is 331 g/mol. The second-order valence-corrected chi connectivity index (χ2v) is 6.69. The molecule has 1 aromatic carbocycles. The van der Waals surface area contributed by atoms with Crippen LogP contribution in [0.1, 0.15) is 31.9 Å². The monoisotopic (exact) mass is 358 g/mol. The third-order valence-electron chi connectivity index (χ3n) is 3.09. The maximum Gasteiger partial charge on any atom is 0.475 e. The first kappa shape index (κ1) is 20.9. The summed E-state index contributed by atoms with van der Waals surface area (Å²) in [6.45, 7) is 8.21. The number of hydrogen-bond acceptors (Lipinski definition) is 6. The Morgan fingerprint density at radius 1 is 1.17 bits per heavy atom. The Morgan fingerprint density at radius 3 is 2.42 bits per heavy atom. The van der Waals surface area contributed by atoms with Gasteiger partial charge in [-0.3, -0.25) is 13.6 Å². The summed E-state index contributed by atoms with van der Waals surface area (Å²) in [5.74, 6) is 0.717. The molecule has 0 aromatic heterocycles. The van der Waals surface area contributed by atoms with Gasteiger partial charge in [-0.05, 0) is 45.4 Å². The lowest BCUT2D eigenvalue weighted by molar-refractivity contribution is 0.0509. The Hall–Kier alpha value is -1.17. The van der Waals surface area contributed by atoms with Crippen LogP contribution in [0, 0.1) is 6.92 Å². The van der Waals surface area contributed by atoms with Crippen molar-refractivity contribution in [2.45, 2.75) is 27.7 Å². The van der Waals surface area contributed by atoms with E-state index in [9.17, 15) is 4.57 Å². The molecule has 0 fully saturated rings. The quantitative estimate of drug-likeness (QED) is 0.426. The Morgan fingerprint density at radius 2 is 1.83 bits per heavy atom. The standard InChI is InChI=1S/C17H27O6P/c1-6-21-24(18,22-7-2)23-11-10-15(4)16-12-14(3)8-9-17(16)20-13-19-5/h8-10,12H,6-7,11,13H2,1-5H3/b15-10+. The summed E-state index contributed by atoms with van der Waals surface area (Å²) in [6.07, 6.45) is 1.82. The van der Waals surface area contributed by atoms with Gasteiger partial charge >= 0.3 is 7.82 Å². The van der Waals surface area contributed by atoms with Crippen LogP contribution in [0.4, 0.5) is 0 Å². The molecule has 0 radical (unpaired) electrons. The smallest absolute Gasteiger partial charge is 0.467 e. The predicted octanol–water partition coefficient (Wildman–Crippen LogP) is 4.58. The van der Waals surface area contributed by atoms with Crippen molar-refractivity contribution >= 4 is 13.4 Å². The van der Waals surface area contributed by atoms with Crippen LogP contribution in [0.25, 0.3) is 5.57 Å². The van der Waals surface area contributed by atoms with E-state index < -0.39 is 7.82 Å². The molecule has 0 saturated carbocycles. The van der Waals surface area contributed by atoms with Crippen LogP contribution in [0.2, 0.25) is 0 Å². The van der Waals surface area contributed by atoms with Gasteiger partial charge in [0, 0.05) is 12.7 Å². The van der Waals surface area contributed by atoms with Crippen molar-refractivity contribution in [3.05, 3.63) is 35.4 Å². The Labute approximate surface area is 144 Å². The number of ether oxygens (including phenoxy) is 2. The Kier molecular flexibility index (Phi) is 9.26. The van der Waals surface area contributed by atoms with E-state index in [2.05, 4.69) is 0 Å². The minimum Gasteiger partial charge on any atom is -0.467 e. The van der Waals surface area contributed by atoms with Crippen LogP contribution in [-0.2, 0) is 22.9 Å². The minimum absolute atomic E-state index is 0.112. The highest BCUT2D eigenvalue weighted by molar-refractivity contribution is 7.48. The number of aryl methyl sites for hydroxylation is 1. The van der Waals surface area contributed by atoms with Gasteiger partial charge in [0.25, 0.3) is 0 Å². The number of hydrogen-bond donors (Lipinski definition) is 0. The van der Waals surface area contributed by atoms with E-state index in [-0.39, 0.29) is 26.6 Å². The van der Waals surface area contributed by atoms with Crippen molar-refractivity contribution < 1.29 is 27.6 Å². The molecule has 0 amide bonds. The van der Waals surface area contributed by atoms with Crippen LogP contribution in [-0.4, -0.2) is 33.7 Å². The van der Waals surface area contributed by atoms with Crippen molar-refractivity contribution in [1.82, 2.24) is 0 Å². The number of phosphoric ester groups is 1. The molecular formula is C17H27O6P. The first-order valence-electron chi connectivity index (χ1n) is 7.89. The van der Waals surface area contributed by atoms with Gasteiger partial charge in [-0.25, -0.2) is 4.57 Å². The summed E-state index contributed by atoms with van der Waals surface area (Å²) in [5.41, 5.74) is 2.97. The van der Waals surface area contributed by atoms with Gasteiger partial charge in [0.05, 0.1) is 19.8 Å². The molecule has 1 aromatic rings. The molecule has 0 bridgehead atoms. The molecule has 0 aliphatic carbocycles. The van der Waals surface area contributed by atoms with E-state index in [0.29, 0.717) is 5.75 Å². The van der Waals surface area contributed by atoms with Crippen LogP contribution < -0.4 is 4.74 Å². The zero-order chi connectivity index (χ0) is 18.0. The van der Waals surface area contributed by atoms with Crippen molar-refractivity contribution in [3.63, 3.8) is 0 Å². The number of rotatable bonds is 11. The lowest BCUT2D eigenvalue weighted by atomic mass is 10.0. The highest BCUT2D eigenvalue weighted by atomic mass is 31.2. The average Bonchev–Trinajstić information content (AvgIpc) is 2.54. The maximum atomic E-state index is 12.3. The molecule has 7 heteroatoms. The van der Waals surface area contributed by atoms with E-state index in [1.54, 1.807) is 21.0 Å². The summed E-state index contributed by atoms with van der Waals surface area (Å²) in [4.78, 5) is 0. The summed E-state index contributed by atoms with van der Waals surface area (Å²) < 4.78 is 38.3. The molecule has 136 valence electrons. The molecule has 0 saturated heterocycles. The van der Waals surface area contributed by atoms with E-state index in [1.807, 2.05) is 38.1 Å². The summed E-state index contributed by atoms with van der Waals surface area (Å²) in [7, 11) is -1.93. The Bertz CT molecular complexity index is 574. The summed E-state index contributed by atoms with van der Waals surface area (Å²) >= 11 is 0. The molecule has 0 N–H and O–H groups in total. The van der Waals surface area contributed by atoms with Crippen molar-refractivity contribution in [1.29, 1.82) is 0 Å². The van der Waals surface area contributed by atoms with Crippen LogP contribution in [0.15, 0.2) is 24.3 Å². The summed E-state index contributed by atoms with van der Waals surface area (Å²) in [5, 5.41) is 0. The van der Waals surface area contributed by atoms with Crippen molar-refractivity contribution in [2.75, 3.05) is 33.7 Å². The topological polar surface area (TPSA) is 63.2 Å². The normalized spacial score (nSPS) is 12.5. The fourth-order valence-electron chi connectivity index (χ4n) is 1.99. The molecule has 0 unspecified atom stereocenters. The highest BCUT2D eigenvalue weighted by Gasteiger charge is 2.24. The van der Waals surface area contributed by atoms with E-state index in [1.165, 1.54) is 0 Å². The second kappa shape index (κ2) is 10.6. The number of allylic oxidation sites excluding steroid dienone is 1. The van der Waals surface area contributed by atoms with E-state index in [4.69, 9.17) is 23.0 Å². The molecule has 0 aliphatic heterocycles. The molecule has 0 heterocycles. The van der Waals surface area contributed by atoms with Crippen LogP contribution >= 0.6 is 7.82 Å². The lowest BCUT2D eigenvalue weighted by Gasteiger charge is -2.16. The van der Waals surface area contributed by atoms with E-state index in [0.717, 1.165) is 16.7 Å².